The maximum atomic E-state index is 12.1. The van der Waals surface area contributed by atoms with Gasteiger partial charge in [0, 0.05) is 11.9 Å². The van der Waals surface area contributed by atoms with Crippen LogP contribution in [0.25, 0.3) is 5.69 Å². The van der Waals surface area contributed by atoms with Crippen LogP contribution in [0, 0.1) is 4.77 Å². The van der Waals surface area contributed by atoms with Gasteiger partial charge in [-0.2, -0.15) is 0 Å². The first kappa shape index (κ1) is 15.7. The second-order valence-electron chi connectivity index (χ2n) is 5.02. The van der Waals surface area contributed by atoms with Crippen molar-refractivity contribution in [2.75, 3.05) is 5.73 Å². The molecule has 0 saturated carbocycles. The van der Waals surface area contributed by atoms with E-state index in [1.807, 2.05) is 18.2 Å². The van der Waals surface area contributed by atoms with Crippen LogP contribution < -0.4 is 11.3 Å². The largest absolute Gasteiger partial charge is 0.494 e. The minimum absolute atomic E-state index is 0.00915. The van der Waals surface area contributed by atoms with Gasteiger partial charge in [0.05, 0.1) is 11.4 Å². The van der Waals surface area contributed by atoms with Gasteiger partial charge in [-0.05, 0) is 42.5 Å². The van der Waals surface area contributed by atoms with Crippen molar-refractivity contribution in [3.63, 3.8) is 0 Å². The second kappa shape index (κ2) is 6.51. The Kier molecular flexibility index (Phi) is 4.26. The fourth-order valence-corrected chi connectivity index (χ4v) is 2.50. The van der Waals surface area contributed by atoms with E-state index in [2.05, 4.69) is 9.98 Å². The van der Waals surface area contributed by atoms with E-state index >= 15 is 0 Å². The summed E-state index contributed by atoms with van der Waals surface area (Å²) in [5.41, 5.74) is 6.96. The normalized spacial score (nSPS) is 11.0. The first-order valence-corrected chi connectivity index (χ1v) is 7.50. The summed E-state index contributed by atoms with van der Waals surface area (Å²) in [5.74, 6) is -0.275. The molecule has 24 heavy (non-hydrogen) atoms. The Morgan fingerprint density at radius 3 is 2.62 bits per heavy atom. The minimum atomic E-state index is -0.516. The van der Waals surface area contributed by atoms with E-state index in [1.165, 1.54) is 10.8 Å². The number of aliphatic imine (C=N–C) groups is 1. The van der Waals surface area contributed by atoms with Crippen molar-refractivity contribution in [1.29, 1.82) is 0 Å². The smallest absolute Gasteiger partial charge is 0.264 e. The minimum Gasteiger partial charge on any atom is -0.494 e. The zero-order valence-electron chi connectivity index (χ0n) is 12.5. The number of rotatable bonds is 3. The van der Waals surface area contributed by atoms with Crippen LogP contribution in [-0.2, 0) is 0 Å². The molecule has 1 heterocycles. The quantitative estimate of drug-likeness (QED) is 0.389. The molecule has 120 valence electrons. The predicted molar refractivity (Wildman–Crippen MR) is 97.0 cm³/mol. The summed E-state index contributed by atoms with van der Waals surface area (Å²) < 4.78 is 1.47. The number of H-pyrrole nitrogens is 1. The highest BCUT2D eigenvalue weighted by molar-refractivity contribution is 7.71. The molecule has 0 saturated heterocycles. The Morgan fingerprint density at radius 1 is 1.17 bits per heavy atom. The monoisotopic (exact) mass is 338 g/mol. The highest BCUT2D eigenvalue weighted by Crippen LogP contribution is 2.20. The van der Waals surface area contributed by atoms with Gasteiger partial charge in [0.15, 0.2) is 4.77 Å². The zero-order valence-corrected chi connectivity index (χ0v) is 13.3. The van der Waals surface area contributed by atoms with Crippen molar-refractivity contribution >= 4 is 29.8 Å². The van der Waals surface area contributed by atoms with Crippen LogP contribution in [0.15, 0.2) is 64.4 Å². The molecule has 0 amide bonds. The number of anilines is 1. The highest BCUT2D eigenvalue weighted by atomic mass is 32.1. The summed E-state index contributed by atoms with van der Waals surface area (Å²) in [4.78, 5) is 18.9. The van der Waals surface area contributed by atoms with Crippen molar-refractivity contribution < 1.29 is 5.11 Å². The number of aromatic hydroxyl groups is 1. The van der Waals surface area contributed by atoms with Crippen LogP contribution >= 0.6 is 12.2 Å². The lowest BCUT2D eigenvalue weighted by Gasteiger charge is -2.10. The molecule has 0 fully saturated rings. The highest BCUT2D eigenvalue weighted by Gasteiger charge is 2.12. The number of benzene rings is 2. The van der Waals surface area contributed by atoms with Gasteiger partial charge in [0.25, 0.3) is 5.56 Å². The summed E-state index contributed by atoms with van der Waals surface area (Å²) in [6, 6.07) is 15.9. The van der Waals surface area contributed by atoms with E-state index in [4.69, 9.17) is 18.0 Å². The summed E-state index contributed by atoms with van der Waals surface area (Å²) in [6.45, 7) is 0. The van der Waals surface area contributed by atoms with Gasteiger partial charge in [-0.3, -0.25) is 19.3 Å². The number of nitrogens with two attached hydrogens (primary N) is 1. The molecule has 0 spiro atoms. The number of aromatic nitrogens is 2. The molecule has 0 radical (unpaired) electrons. The average Bonchev–Trinajstić information content (AvgIpc) is 2.55. The van der Waals surface area contributed by atoms with Gasteiger partial charge in [0.2, 0.25) is 5.88 Å². The third kappa shape index (κ3) is 3.11. The van der Waals surface area contributed by atoms with Crippen molar-refractivity contribution in [1.82, 2.24) is 9.55 Å². The SMILES string of the molecule is Nc1cccc(N=Cc2c(O)n(-c3ccccc3)c(=S)[nH]c2=O)c1. The number of hydrogen-bond donors (Lipinski definition) is 3. The number of para-hydroxylation sites is 1. The molecule has 0 aliphatic heterocycles. The van der Waals surface area contributed by atoms with Gasteiger partial charge in [-0.15, -0.1) is 0 Å². The van der Waals surface area contributed by atoms with E-state index in [9.17, 15) is 9.90 Å². The molecule has 0 unspecified atom stereocenters. The summed E-state index contributed by atoms with van der Waals surface area (Å²) >= 11 is 5.15. The van der Waals surface area contributed by atoms with Crippen LogP contribution in [0.5, 0.6) is 5.88 Å². The lowest BCUT2D eigenvalue weighted by Crippen LogP contribution is -2.17. The van der Waals surface area contributed by atoms with E-state index < -0.39 is 5.56 Å². The lowest BCUT2D eigenvalue weighted by molar-refractivity contribution is 0.432. The Hall–Kier alpha value is -3.19. The van der Waals surface area contributed by atoms with Crippen LogP contribution in [0.2, 0.25) is 0 Å². The topological polar surface area (TPSA) is 96.4 Å². The molecule has 6 nitrogen and oxygen atoms in total. The summed E-state index contributed by atoms with van der Waals surface area (Å²) in [7, 11) is 0. The molecule has 4 N–H and O–H groups in total. The van der Waals surface area contributed by atoms with Crippen LogP contribution in [-0.4, -0.2) is 20.9 Å². The van der Waals surface area contributed by atoms with Crippen molar-refractivity contribution in [3.8, 4) is 11.6 Å². The maximum Gasteiger partial charge on any atom is 0.264 e. The van der Waals surface area contributed by atoms with Crippen LogP contribution in [0.3, 0.4) is 0 Å². The fraction of sp³-hybridized carbons (Fsp3) is 0. The molecule has 0 atom stereocenters. The van der Waals surface area contributed by atoms with Gasteiger partial charge in [-0.1, -0.05) is 24.3 Å². The van der Waals surface area contributed by atoms with Crippen molar-refractivity contribution in [3.05, 3.63) is 75.3 Å². The van der Waals surface area contributed by atoms with E-state index in [0.717, 1.165) is 0 Å². The second-order valence-corrected chi connectivity index (χ2v) is 5.41. The number of nitrogens with one attached hydrogen (secondary N) is 1. The molecule has 2 aromatic carbocycles. The Bertz CT molecular complexity index is 1020. The molecule has 3 aromatic rings. The Balaban J connectivity index is 2.12. The van der Waals surface area contributed by atoms with Crippen molar-refractivity contribution in [2.45, 2.75) is 0 Å². The van der Waals surface area contributed by atoms with Gasteiger partial charge >= 0.3 is 0 Å². The number of nitrogen functional groups attached to an aromatic ring is 1. The lowest BCUT2D eigenvalue weighted by atomic mass is 10.2. The fourth-order valence-electron chi connectivity index (χ4n) is 2.22. The van der Waals surface area contributed by atoms with Gasteiger partial charge in [0.1, 0.15) is 5.56 Å². The van der Waals surface area contributed by atoms with Gasteiger partial charge in [-0.25, -0.2) is 0 Å². The van der Waals surface area contributed by atoms with E-state index in [0.29, 0.717) is 17.1 Å². The molecule has 7 heteroatoms. The van der Waals surface area contributed by atoms with Crippen molar-refractivity contribution in [2.24, 2.45) is 4.99 Å². The van der Waals surface area contributed by atoms with Crippen LogP contribution in [0.1, 0.15) is 5.56 Å². The number of hydrogen-bond acceptors (Lipinski definition) is 5. The van der Waals surface area contributed by atoms with E-state index in [-0.39, 0.29) is 16.2 Å². The Labute approximate surface area is 142 Å². The predicted octanol–water partition coefficient (Wildman–Crippen LogP) is 2.93. The maximum absolute atomic E-state index is 12.1. The Morgan fingerprint density at radius 2 is 1.92 bits per heavy atom. The third-order valence-corrected chi connectivity index (χ3v) is 3.63. The molecule has 3 rings (SSSR count). The summed E-state index contributed by atoms with van der Waals surface area (Å²) in [5, 5.41) is 10.5. The molecular formula is C17H14N4O2S. The summed E-state index contributed by atoms with van der Waals surface area (Å²) in [6.07, 6.45) is 1.29. The number of nitrogens with zero attached hydrogens (tertiary/aromatic N) is 2. The standard InChI is InChI=1S/C17H14N4O2S/c18-11-5-4-6-12(9-11)19-10-14-15(22)20-17(24)21(16(14)23)13-7-2-1-3-8-13/h1-10,23H,18H2,(H,20,22,24). The molecule has 0 aliphatic rings. The van der Waals surface area contributed by atoms with E-state index in [1.54, 1.807) is 36.4 Å². The number of aromatic amines is 1. The molecule has 0 aliphatic carbocycles. The third-order valence-electron chi connectivity index (χ3n) is 3.35. The molecular weight excluding hydrogens is 324 g/mol. The van der Waals surface area contributed by atoms with Gasteiger partial charge < -0.3 is 10.8 Å². The average molecular weight is 338 g/mol. The first-order chi connectivity index (χ1) is 11.6. The molecule has 0 bridgehead atoms. The van der Waals surface area contributed by atoms with Crippen LogP contribution in [0.4, 0.5) is 11.4 Å². The first-order valence-electron chi connectivity index (χ1n) is 7.09. The molecule has 1 aromatic heterocycles. The zero-order chi connectivity index (χ0) is 17.1.